The van der Waals surface area contributed by atoms with E-state index in [0.29, 0.717) is 0 Å². The van der Waals surface area contributed by atoms with Crippen LogP contribution in [-0.2, 0) is 4.79 Å². The van der Waals surface area contributed by atoms with Gasteiger partial charge in [-0.15, -0.1) is 12.3 Å². The van der Waals surface area contributed by atoms with E-state index in [0.717, 1.165) is 0 Å². The van der Waals surface area contributed by atoms with Crippen LogP contribution in [-0.4, -0.2) is 23.2 Å². The van der Waals surface area contributed by atoms with Crippen LogP contribution < -0.4 is 5.32 Å². The highest BCUT2D eigenvalue weighted by atomic mass is 16.4. The van der Waals surface area contributed by atoms with Crippen molar-refractivity contribution in [1.82, 2.24) is 5.32 Å². The van der Waals surface area contributed by atoms with Crippen molar-refractivity contribution < 1.29 is 9.90 Å². The van der Waals surface area contributed by atoms with Crippen molar-refractivity contribution in [1.29, 1.82) is 0 Å². The van der Waals surface area contributed by atoms with Gasteiger partial charge in [0.1, 0.15) is 6.04 Å². The lowest BCUT2D eigenvalue weighted by Crippen LogP contribution is -2.40. The van der Waals surface area contributed by atoms with Gasteiger partial charge in [0.15, 0.2) is 0 Å². The van der Waals surface area contributed by atoms with Crippen LogP contribution in [0.15, 0.2) is 0 Å². The zero-order valence-corrected chi connectivity index (χ0v) is 6.79. The molecule has 0 saturated heterocycles. The minimum absolute atomic E-state index is 0.143. The molecular weight excluding hydrogens is 142 g/mol. The fourth-order valence-electron chi connectivity index (χ4n) is 0.738. The molecule has 0 aliphatic heterocycles. The van der Waals surface area contributed by atoms with Crippen LogP contribution in [0.4, 0.5) is 0 Å². The number of hydrogen-bond acceptors (Lipinski definition) is 2. The van der Waals surface area contributed by atoms with E-state index in [1.54, 1.807) is 0 Å². The number of aliphatic carboxylic acids is 1. The van der Waals surface area contributed by atoms with Gasteiger partial charge < -0.3 is 10.4 Å². The number of carboxylic acid groups (broad SMARTS) is 1. The Balaban J connectivity index is 3.92. The van der Waals surface area contributed by atoms with Crippen LogP contribution in [0.1, 0.15) is 20.3 Å². The van der Waals surface area contributed by atoms with Crippen LogP contribution in [0.3, 0.4) is 0 Å². The Kier molecular flexibility index (Phi) is 4.32. The van der Waals surface area contributed by atoms with Gasteiger partial charge in [-0.25, -0.2) is 0 Å². The number of terminal acetylenes is 1. The first-order valence-electron chi connectivity index (χ1n) is 3.50. The Labute approximate surface area is 66.8 Å². The van der Waals surface area contributed by atoms with Crippen molar-refractivity contribution in [3.8, 4) is 12.3 Å². The number of carbonyl (C=O) groups is 1. The summed E-state index contributed by atoms with van der Waals surface area (Å²) >= 11 is 0. The molecule has 0 aromatic heterocycles. The summed E-state index contributed by atoms with van der Waals surface area (Å²) in [5, 5.41) is 11.4. The first-order valence-corrected chi connectivity index (χ1v) is 3.50. The second-order valence-corrected chi connectivity index (χ2v) is 2.62. The maximum Gasteiger partial charge on any atom is 0.321 e. The molecule has 1 unspecified atom stereocenters. The second kappa shape index (κ2) is 4.75. The minimum Gasteiger partial charge on any atom is -0.480 e. The summed E-state index contributed by atoms with van der Waals surface area (Å²) in [4.78, 5) is 10.5. The number of carboxylic acids is 1. The fraction of sp³-hybridized carbons (Fsp3) is 0.625. The molecule has 3 heteroatoms. The third-order valence-electron chi connectivity index (χ3n) is 1.15. The van der Waals surface area contributed by atoms with E-state index in [1.165, 1.54) is 0 Å². The summed E-state index contributed by atoms with van der Waals surface area (Å²) in [6.07, 6.45) is 5.22. The molecule has 0 aliphatic carbocycles. The van der Waals surface area contributed by atoms with E-state index in [1.807, 2.05) is 13.8 Å². The Morgan fingerprint density at radius 2 is 2.27 bits per heavy atom. The van der Waals surface area contributed by atoms with Crippen LogP contribution in [0.5, 0.6) is 0 Å². The van der Waals surface area contributed by atoms with Crippen molar-refractivity contribution in [3.63, 3.8) is 0 Å². The zero-order valence-electron chi connectivity index (χ0n) is 6.79. The first-order chi connectivity index (χ1) is 5.07. The molecule has 0 aliphatic rings. The molecule has 0 amide bonds. The summed E-state index contributed by atoms with van der Waals surface area (Å²) in [6, 6.07) is -0.468. The highest BCUT2D eigenvalue weighted by Crippen LogP contribution is 1.92. The van der Waals surface area contributed by atoms with Gasteiger partial charge in [-0.2, -0.15) is 0 Å². The normalized spacial score (nSPS) is 12.5. The average Bonchev–Trinajstić information content (AvgIpc) is 1.86. The summed E-state index contributed by atoms with van der Waals surface area (Å²) in [5.74, 6) is 1.42. The van der Waals surface area contributed by atoms with Crippen molar-refractivity contribution in [2.24, 2.45) is 0 Å². The quantitative estimate of drug-likeness (QED) is 0.580. The van der Waals surface area contributed by atoms with Gasteiger partial charge in [0.25, 0.3) is 0 Å². The lowest BCUT2D eigenvalue weighted by molar-refractivity contribution is -0.139. The number of nitrogens with one attached hydrogen (secondary N) is 1. The lowest BCUT2D eigenvalue weighted by atomic mass is 10.2. The molecule has 0 aromatic rings. The van der Waals surface area contributed by atoms with Crippen LogP contribution >= 0.6 is 0 Å². The van der Waals surface area contributed by atoms with E-state index in [-0.39, 0.29) is 12.5 Å². The predicted molar refractivity (Wildman–Crippen MR) is 43.1 cm³/mol. The van der Waals surface area contributed by atoms with Gasteiger partial charge >= 0.3 is 5.97 Å². The standard InChI is InChI=1S/C8H13NO2/c1-4-5-7(8(10)11)9-6(2)3/h1,6-7,9H,5H2,2-3H3,(H,10,11). The van der Waals surface area contributed by atoms with E-state index >= 15 is 0 Å². The lowest BCUT2D eigenvalue weighted by Gasteiger charge is -2.14. The molecular formula is C8H13NO2. The van der Waals surface area contributed by atoms with E-state index < -0.39 is 12.0 Å². The summed E-state index contributed by atoms with van der Waals surface area (Å²) < 4.78 is 0. The van der Waals surface area contributed by atoms with Gasteiger partial charge in [0.05, 0.1) is 0 Å². The third kappa shape index (κ3) is 4.40. The SMILES string of the molecule is C#CCC(NC(C)C)C(=O)O. The highest BCUT2D eigenvalue weighted by molar-refractivity contribution is 5.73. The van der Waals surface area contributed by atoms with Crippen LogP contribution in [0.25, 0.3) is 0 Å². The van der Waals surface area contributed by atoms with Gasteiger partial charge in [-0.3, -0.25) is 4.79 Å². The molecule has 1 atom stereocenters. The zero-order chi connectivity index (χ0) is 8.85. The van der Waals surface area contributed by atoms with Gasteiger partial charge in [-0.1, -0.05) is 13.8 Å². The molecule has 0 fully saturated rings. The largest absolute Gasteiger partial charge is 0.480 e. The van der Waals surface area contributed by atoms with Crippen molar-refractivity contribution in [3.05, 3.63) is 0 Å². The molecule has 0 saturated carbocycles. The highest BCUT2D eigenvalue weighted by Gasteiger charge is 2.15. The van der Waals surface area contributed by atoms with Gasteiger partial charge in [0, 0.05) is 12.5 Å². The predicted octanol–water partition coefficient (Wildman–Crippen LogP) is 0.461. The average molecular weight is 155 g/mol. The molecule has 3 nitrogen and oxygen atoms in total. The fourth-order valence-corrected chi connectivity index (χ4v) is 0.738. The van der Waals surface area contributed by atoms with E-state index in [2.05, 4.69) is 11.2 Å². The molecule has 62 valence electrons. The van der Waals surface area contributed by atoms with Crippen molar-refractivity contribution in [2.75, 3.05) is 0 Å². The number of hydrogen-bond donors (Lipinski definition) is 2. The molecule has 0 radical (unpaired) electrons. The van der Waals surface area contributed by atoms with E-state index in [4.69, 9.17) is 11.5 Å². The molecule has 0 aromatic carbocycles. The van der Waals surface area contributed by atoms with Gasteiger partial charge in [0.2, 0.25) is 0 Å². The Bertz CT molecular complexity index is 169. The maximum atomic E-state index is 10.5. The second-order valence-electron chi connectivity index (χ2n) is 2.62. The molecule has 2 N–H and O–H groups in total. The monoisotopic (exact) mass is 155 g/mol. The Morgan fingerprint density at radius 1 is 1.73 bits per heavy atom. The summed E-state index contributed by atoms with van der Waals surface area (Å²) in [6.45, 7) is 3.76. The first kappa shape index (κ1) is 9.99. The summed E-state index contributed by atoms with van der Waals surface area (Å²) in [5.41, 5.74) is 0. The van der Waals surface area contributed by atoms with Crippen LogP contribution in [0.2, 0.25) is 0 Å². The molecule has 0 spiro atoms. The number of rotatable bonds is 4. The third-order valence-corrected chi connectivity index (χ3v) is 1.15. The van der Waals surface area contributed by atoms with Crippen molar-refractivity contribution >= 4 is 5.97 Å². The smallest absolute Gasteiger partial charge is 0.321 e. The minimum atomic E-state index is -0.892. The maximum absolute atomic E-state index is 10.5. The van der Waals surface area contributed by atoms with Gasteiger partial charge in [-0.05, 0) is 0 Å². The molecule has 0 bridgehead atoms. The molecule has 0 rings (SSSR count). The Hall–Kier alpha value is -1.01. The molecule has 0 heterocycles. The van der Waals surface area contributed by atoms with Crippen LogP contribution in [0, 0.1) is 12.3 Å². The van der Waals surface area contributed by atoms with E-state index in [9.17, 15) is 4.79 Å². The topological polar surface area (TPSA) is 49.3 Å². The van der Waals surface area contributed by atoms with Crippen molar-refractivity contribution in [2.45, 2.75) is 32.4 Å². The summed E-state index contributed by atoms with van der Waals surface area (Å²) in [7, 11) is 0. The Morgan fingerprint density at radius 3 is 2.55 bits per heavy atom. The molecule has 11 heavy (non-hydrogen) atoms.